The van der Waals surface area contributed by atoms with Crippen LogP contribution in [0.3, 0.4) is 0 Å². The van der Waals surface area contributed by atoms with E-state index in [0.717, 1.165) is 11.4 Å². The third-order valence-electron chi connectivity index (χ3n) is 5.04. The van der Waals surface area contributed by atoms with Gasteiger partial charge in [-0.1, -0.05) is 17.7 Å². The molecule has 0 unspecified atom stereocenters. The largest absolute Gasteiger partial charge is 0.352 e. The van der Waals surface area contributed by atoms with E-state index in [1.165, 1.54) is 35.6 Å². The molecule has 31 heavy (non-hydrogen) atoms. The molecule has 0 saturated carbocycles. The van der Waals surface area contributed by atoms with E-state index in [0.29, 0.717) is 41.1 Å². The number of hydrogen-bond donors (Lipinski definition) is 1. The average molecular weight is 459 g/mol. The Morgan fingerprint density at radius 1 is 1.13 bits per heavy atom. The van der Waals surface area contributed by atoms with Gasteiger partial charge in [0, 0.05) is 37.9 Å². The van der Waals surface area contributed by atoms with Crippen molar-refractivity contribution < 1.29 is 14.0 Å². The van der Waals surface area contributed by atoms with E-state index < -0.39 is 11.7 Å². The Morgan fingerprint density at radius 3 is 2.61 bits per heavy atom. The minimum atomic E-state index is -0.475. The number of carbonyl (C=O) groups excluding carboxylic acids is 2. The van der Waals surface area contributed by atoms with Crippen molar-refractivity contribution in [1.82, 2.24) is 9.88 Å². The van der Waals surface area contributed by atoms with Crippen molar-refractivity contribution in [3.05, 3.63) is 75.5 Å². The fourth-order valence-corrected chi connectivity index (χ4v) is 4.72. The van der Waals surface area contributed by atoms with Crippen LogP contribution in [0.1, 0.15) is 25.6 Å². The lowest BCUT2D eigenvalue weighted by atomic mass is 10.2. The Hall–Kier alpha value is -2.97. The Balaban J connectivity index is 1.41. The molecule has 1 saturated heterocycles. The van der Waals surface area contributed by atoms with Crippen molar-refractivity contribution in [1.29, 1.82) is 0 Å². The Labute approximate surface area is 188 Å². The van der Waals surface area contributed by atoms with Crippen molar-refractivity contribution in [2.24, 2.45) is 0 Å². The first-order chi connectivity index (χ1) is 14.9. The second-order valence-electron chi connectivity index (χ2n) is 7.18. The van der Waals surface area contributed by atoms with Gasteiger partial charge in [0.1, 0.15) is 11.6 Å². The van der Waals surface area contributed by atoms with E-state index in [4.69, 9.17) is 11.6 Å². The number of aromatic nitrogens is 1. The SMILES string of the molecule is Cc1cc(NC(=O)c2cccc(F)c2)sc1C(=O)N1CCN(c2ncccc2Cl)CC1. The van der Waals surface area contributed by atoms with Crippen LogP contribution in [0.2, 0.25) is 5.02 Å². The molecule has 1 aliphatic heterocycles. The molecule has 0 aliphatic carbocycles. The highest BCUT2D eigenvalue weighted by Gasteiger charge is 2.26. The minimum Gasteiger partial charge on any atom is -0.352 e. The van der Waals surface area contributed by atoms with Gasteiger partial charge >= 0.3 is 0 Å². The second kappa shape index (κ2) is 9.03. The first-order valence-corrected chi connectivity index (χ1v) is 10.9. The normalized spacial score (nSPS) is 13.9. The van der Waals surface area contributed by atoms with Crippen molar-refractivity contribution >= 4 is 45.6 Å². The van der Waals surface area contributed by atoms with E-state index in [1.807, 2.05) is 6.92 Å². The lowest BCUT2D eigenvalue weighted by molar-refractivity contribution is 0.0750. The highest BCUT2D eigenvalue weighted by Crippen LogP contribution is 2.29. The molecule has 4 rings (SSSR count). The summed E-state index contributed by atoms with van der Waals surface area (Å²) in [5.41, 5.74) is 1.02. The number of aryl methyl sites for hydroxylation is 1. The third-order valence-corrected chi connectivity index (χ3v) is 6.48. The van der Waals surface area contributed by atoms with Crippen molar-refractivity contribution in [3.8, 4) is 0 Å². The fraction of sp³-hybridized carbons (Fsp3) is 0.227. The Bertz CT molecular complexity index is 1130. The molecule has 2 aromatic heterocycles. The van der Waals surface area contributed by atoms with E-state index >= 15 is 0 Å². The highest BCUT2D eigenvalue weighted by atomic mass is 35.5. The highest BCUT2D eigenvalue weighted by molar-refractivity contribution is 7.18. The maximum absolute atomic E-state index is 13.4. The van der Waals surface area contributed by atoms with E-state index in [2.05, 4.69) is 15.2 Å². The van der Waals surface area contributed by atoms with Crippen LogP contribution in [-0.2, 0) is 0 Å². The van der Waals surface area contributed by atoms with Gasteiger partial charge < -0.3 is 15.1 Å². The summed E-state index contributed by atoms with van der Waals surface area (Å²) >= 11 is 7.46. The number of hydrogen-bond acceptors (Lipinski definition) is 5. The van der Waals surface area contributed by atoms with Crippen molar-refractivity contribution in [3.63, 3.8) is 0 Å². The van der Waals surface area contributed by atoms with Crippen LogP contribution in [-0.4, -0.2) is 47.9 Å². The number of benzene rings is 1. The topological polar surface area (TPSA) is 65.5 Å². The smallest absolute Gasteiger partial charge is 0.264 e. The maximum Gasteiger partial charge on any atom is 0.264 e. The number of anilines is 2. The lowest BCUT2D eigenvalue weighted by Crippen LogP contribution is -2.49. The van der Waals surface area contributed by atoms with Crippen LogP contribution in [0.4, 0.5) is 15.2 Å². The summed E-state index contributed by atoms with van der Waals surface area (Å²) in [6.45, 7) is 4.21. The zero-order chi connectivity index (χ0) is 22.0. The molecule has 6 nitrogen and oxygen atoms in total. The number of halogens is 2. The summed E-state index contributed by atoms with van der Waals surface area (Å²) in [6, 6.07) is 10.8. The molecule has 160 valence electrons. The monoisotopic (exact) mass is 458 g/mol. The summed E-state index contributed by atoms with van der Waals surface area (Å²) in [6.07, 6.45) is 1.70. The average Bonchev–Trinajstić information content (AvgIpc) is 3.13. The molecule has 0 radical (unpaired) electrons. The minimum absolute atomic E-state index is 0.0690. The third kappa shape index (κ3) is 4.70. The van der Waals surface area contributed by atoms with Crippen LogP contribution in [0, 0.1) is 12.7 Å². The van der Waals surface area contributed by atoms with Crippen LogP contribution in [0.25, 0.3) is 0 Å². The lowest BCUT2D eigenvalue weighted by Gasteiger charge is -2.35. The Kier molecular flexibility index (Phi) is 6.20. The molecular formula is C22H20ClFN4O2S. The number of carbonyl (C=O) groups is 2. The van der Waals surface area contributed by atoms with Crippen molar-refractivity contribution in [2.45, 2.75) is 6.92 Å². The van der Waals surface area contributed by atoms with E-state index in [9.17, 15) is 14.0 Å². The van der Waals surface area contributed by atoms with Gasteiger partial charge in [-0.2, -0.15) is 0 Å². The summed E-state index contributed by atoms with van der Waals surface area (Å²) in [4.78, 5) is 34.2. The predicted molar refractivity (Wildman–Crippen MR) is 121 cm³/mol. The van der Waals surface area contributed by atoms with Crippen LogP contribution in [0.15, 0.2) is 48.7 Å². The molecule has 0 spiro atoms. The molecule has 9 heteroatoms. The summed E-state index contributed by atoms with van der Waals surface area (Å²) in [5.74, 6) is -0.232. The zero-order valence-corrected chi connectivity index (χ0v) is 18.3. The summed E-state index contributed by atoms with van der Waals surface area (Å²) < 4.78 is 13.4. The standard InChI is InChI=1S/C22H20ClFN4O2S/c1-14-12-18(26-21(29)15-4-2-5-16(24)13-15)31-19(14)22(30)28-10-8-27(9-11-28)20-17(23)6-3-7-25-20/h2-7,12-13H,8-11H2,1H3,(H,26,29). The number of rotatable bonds is 4. The summed E-state index contributed by atoms with van der Waals surface area (Å²) in [5, 5.41) is 3.89. The van der Waals surface area contributed by atoms with Gasteiger partial charge in [0.05, 0.1) is 14.9 Å². The zero-order valence-electron chi connectivity index (χ0n) is 16.8. The molecule has 0 atom stereocenters. The molecule has 0 bridgehead atoms. The van der Waals surface area contributed by atoms with Gasteiger partial charge in [-0.25, -0.2) is 9.37 Å². The Morgan fingerprint density at radius 2 is 1.90 bits per heavy atom. The number of nitrogens with one attached hydrogen (secondary N) is 1. The van der Waals surface area contributed by atoms with Crippen LogP contribution in [0.5, 0.6) is 0 Å². The number of amides is 2. The number of pyridine rings is 1. The fourth-order valence-electron chi connectivity index (χ4n) is 3.44. The molecule has 1 aromatic carbocycles. The quantitative estimate of drug-likeness (QED) is 0.627. The number of thiophene rings is 1. The van der Waals surface area contributed by atoms with Gasteiger partial charge in [0.15, 0.2) is 0 Å². The second-order valence-corrected chi connectivity index (χ2v) is 8.63. The number of piperazine rings is 1. The molecule has 3 heterocycles. The maximum atomic E-state index is 13.4. The molecular weight excluding hydrogens is 439 g/mol. The summed E-state index contributed by atoms with van der Waals surface area (Å²) in [7, 11) is 0. The molecule has 3 aromatic rings. The first-order valence-electron chi connectivity index (χ1n) is 9.74. The molecule has 1 N–H and O–H groups in total. The van der Waals surface area contributed by atoms with Gasteiger partial charge in [-0.3, -0.25) is 9.59 Å². The van der Waals surface area contributed by atoms with E-state index in [-0.39, 0.29) is 11.5 Å². The first kappa shape index (κ1) is 21.3. The molecule has 1 aliphatic rings. The van der Waals surface area contributed by atoms with Gasteiger partial charge in [0.2, 0.25) is 0 Å². The number of nitrogens with zero attached hydrogens (tertiary/aromatic N) is 3. The van der Waals surface area contributed by atoms with E-state index in [1.54, 1.807) is 29.3 Å². The van der Waals surface area contributed by atoms with Gasteiger partial charge in [-0.15, -0.1) is 11.3 Å². The van der Waals surface area contributed by atoms with Crippen LogP contribution < -0.4 is 10.2 Å². The van der Waals surface area contributed by atoms with Gasteiger partial charge in [-0.05, 0) is 48.9 Å². The van der Waals surface area contributed by atoms with Crippen molar-refractivity contribution in [2.75, 3.05) is 36.4 Å². The van der Waals surface area contributed by atoms with Gasteiger partial charge in [0.25, 0.3) is 11.8 Å². The predicted octanol–water partition coefficient (Wildman–Crippen LogP) is 4.46. The molecule has 2 amide bonds. The molecule has 1 fully saturated rings. The van der Waals surface area contributed by atoms with Crippen LogP contribution >= 0.6 is 22.9 Å².